The fraction of sp³-hybridized carbons (Fsp3) is 0.455. The number of fused-ring (bicyclic) bond motifs is 1. The standard InChI is InChI=1S/C11H15ClN2/c1-2-7-14-8-6-13-11-9(12)4-3-5-10(11)14/h3-5,13H,2,6-8H2,1H3. The first-order valence-corrected chi connectivity index (χ1v) is 5.48. The molecule has 1 aliphatic heterocycles. The molecule has 3 heteroatoms. The summed E-state index contributed by atoms with van der Waals surface area (Å²) in [6.45, 7) is 5.36. The van der Waals surface area contributed by atoms with Gasteiger partial charge in [0.1, 0.15) is 0 Å². The highest BCUT2D eigenvalue weighted by Crippen LogP contribution is 2.34. The molecule has 76 valence electrons. The van der Waals surface area contributed by atoms with Gasteiger partial charge < -0.3 is 10.2 Å². The third-order valence-corrected chi connectivity index (χ3v) is 2.82. The summed E-state index contributed by atoms with van der Waals surface area (Å²) in [5.41, 5.74) is 2.33. The van der Waals surface area contributed by atoms with Crippen LogP contribution in [0.15, 0.2) is 18.2 Å². The van der Waals surface area contributed by atoms with E-state index in [1.54, 1.807) is 0 Å². The van der Waals surface area contributed by atoms with Gasteiger partial charge in [-0.1, -0.05) is 24.6 Å². The molecular formula is C11H15ClN2. The van der Waals surface area contributed by atoms with E-state index >= 15 is 0 Å². The van der Waals surface area contributed by atoms with Crippen LogP contribution in [0.25, 0.3) is 0 Å². The Balaban J connectivity index is 2.34. The van der Waals surface area contributed by atoms with E-state index in [0.29, 0.717) is 0 Å². The molecule has 1 aromatic rings. The number of nitrogens with zero attached hydrogens (tertiary/aromatic N) is 1. The molecule has 0 saturated heterocycles. The highest BCUT2D eigenvalue weighted by atomic mass is 35.5. The van der Waals surface area contributed by atoms with E-state index in [2.05, 4.69) is 23.2 Å². The molecule has 2 rings (SSSR count). The quantitative estimate of drug-likeness (QED) is 0.808. The van der Waals surface area contributed by atoms with Crippen molar-refractivity contribution in [3.05, 3.63) is 23.2 Å². The minimum atomic E-state index is 0.823. The fourth-order valence-electron chi connectivity index (χ4n) is 1.89. The van der Waals surface area contributed by atoms with Crippen LogP contribution in [0, 0.1) is 0 Å². The first kappa shape index (κ1) is 9.66. The maximum Gasteiger partial charge on any atom is 0.0767 e. The van der Waals surface area contributed by atoms with Crippen molar-refractivity contribution in [1.82, 2.24) is 0 Å². The third-order valence-electron chi connectivity index (χ3n) is 2.51. The van der Waals surface area contributed by atoms with Crippen LogP contribution in [0.1, 0.15) is 13.3 Å². The number of para-hydroxylation sites is 1. The zero-order valence-electron chi connectivity index (χ0n) is 8.39. The van der Waals surface area contributed by atoms with Gasteiger partial charge >= 0.3 is 0 Å². The zero-order valence-corrected chi connectivity index (χ0v) is 9.14. The summed E-state index contributed by atoms with van der Waals surface area (Å²) in [4.78, 5) is 2.39. The van der Waals surface area contributed by atoms with Gasteiger partial charge in [0.05, 0.1) is 16.4 Å². The van der Waals surface area contributed by atoms with Crippen molar-refractivity contribution in [3.63, 3.8) is 0 Å². The molecule has 0 aliphatic carbocycles. The van der Waals surface area contributed by atoms with Crippen molar-refractivity contribution in [3.8, 4) is 0 Å². The van der Waals surface area contributed by atoms with Gasteiger partial charge in [0.15, 0.2) is 0 Å². The van der Waals surface area contributed by atoms with Crippen molar-refractivity contribution in [2.24, 2.45) is 0 Å². The minimum absolute atomic E-state index is 0.823. The van der Waals surface area contributed by atoms with Crippen molar-refractivity contribution >= 4 is 23.0 Å². The summed E-state index contributed by atoms with van der Waals surface area (Å²) in [5, 5.41) is 4.17. The summed E-state index contributed by atoms with van der Waals surface area (Å²) in [5.74, 6) is 0. The lowest BCUT2D eigenvalue weighted by molar-refractivity contribution is 0.760. The van der Waals surface area contributed by atoms with E-state index in [0.717, 1.165) is 30.3 Å². The number of benzene rings is 1. The molecule has 0 fully saturated rings. The number of hydrogen-bond acceptors (Lipinski definition) is 2. The molecule has 0 aromatic heterocycles. The Kier molecular flexibility index (Phi) is 2.82. The Morgan fingerprint density at radius 1 is 1.50 bits per heavy atom. The minimum Gasteiger partial charge on any atom is -0.380 e. The highest BCUT2D eigenvalue weighted by Gasteiger charge is 2.16. The van der Waals surface area contributed by atoms with Gasteiger partial charge in [0, 0.05) is 19.6 Å². The average molecular weight is 211 g/mol. The average Bonchev–Trinajstić information content (AvgIpc) is 2.20. The second kappa shape index (κ2) is 4.09. The molecule has 0 amide bonds. The molecule has 0 atom stereocenters. The van der Waals surface area contributed by atoms with Crippen molar-refractivity contribution < 1.29 is 0 Å². The van der Waals surface area contributed by atoms with E-state index in [4.69, 9.17) is 11.6 Å². The second-order valence-corrected chi connectivity index (χ2v) is 3.95. The number of nitrogens with one attached hydrogen (secondary N) is 1. The van der Waals surface area contributed by atoms with Crippen LogP contribution >= 0.6 is 11.6 Å². The summed E-state index contributed by atoms with van der Waals surface area (Å²) >= 11 is 6.12. The molecule has 1 aromatic carbocycles. The van der Waals surface area contributed by atoms with E-state index in [9.17, 15) is 0 Å². The molecule has 0 spiro atoms. The van der Waals surface area contributed by atoms with Crippen LogP contribution in [-0.2, 0) is 0 Å². The first-order chi connectivity index (χ1) is 6.83. The van der Waals surface area contributed by atoms with Gasteiger partial charge in [-0.25, -0.2) is 0 Å². The third kappa shape index (κ3) is 1.67. The Morgan fingerprint density at radius 3 is 3.14 bits per heavy atom. The van der Waals surface area contributed by atoms with Gasteiger partial charge in [0.2, 0.25) is 0 Å². The van der Waals surface area contributed by atoms with E-state index < -0.39 is 0 Å². The second-order valence-electron chi connectivity index (χ2n) is 3.55. The largest absolute Gasteiger partial charge is 0.380 e. The lowest BCUT2D eigenvalue weighted by Gasteiger charge is -2.32. The molecule has 0 unspecified atom stereocenters. The van der Waals surface area contributed by atoms with E-state index in [1.165, 1.54) is 12.1 Å². The van der Waals surface area contributed by atoms with Gasteiger partial charge in [0.25, 0.3) is 0 Å². The predicted octanol–water partition coefficient (Wildman–Crippen LogP) is 2.98. The van der Waals surface area contributed by atoms with Crippen molar-refractivity contribution in [2.75, 3.05) is 29.9 Å². The number of rotatable bonds is 2. The van der Waals surface area contributed by atoms with Crippen molar-refractivity contribution in [2.45, 2.75) is 13.3 Å². The monoisotopic (exact) mass is 210 g/mol. The van der Waals surface area contributed by atoms with Crippen LogP contribution in [0.2, 0.25) is 5.02 Å². The predicted molar refractivity (Wildman–Crippen MR) is 62.4 cm³/mol. The van der Waals surface area contributed by atoms with Crippen LogP contribution in [0.5, 0.6) is 0 Å². The molecule has 0 radical (unpaired) electrons. The molecule has 0 saturated carbocycles. The molecule has 1 heterocycles. The molecular weight excluding hydrogens is 196 g/mol. The highest BCUT2D eigenvalue weighted by molar-refractivity contribution is 6.34. The van der Waals surface area contributed by atoms with Crippen molar-refractivity contribution in [1.29, 1.82) is 0 Å². The Labute approximate surface area is 89.9 Å². The summed E-state index contributed by atoms with van der Waals surface area (Å²) in [6, 6.07) is 6.07. The Hall–Kier alpha value is -0.890. The van der Waals surface area contributed by atoms with Crippen LogP contribution < -0.4 is 10.2 Å². The summed E-state index contributed by atoms with van der Waals surface area (Å²) in [7, 11) is 0. The zero-order chi connectivity index (χ0) is 9.97. The van der Waals surface area contributed by atoms with Crippen LogP contribution in [0.4, 0.5) is 11.4 Å². The fourth-order valence-corrected chi connectivity index (χ4v) is 2.13. The molecule has 14 heavy (non-hydrogen) atoms. The van der Waals surface area contributed by atoms with E-state index in [1.807, 2.05) is 12.1 Å². The van der Waals surface area contributed by atoms with E-state index in [-0.39, 0.29) is 0 Å². The lowest BCUT2D eigenvalue weighted by Crippen LogP contribution is -2.34. The topological polar surface area (TPSA) is 15.3 Å². The smallest absolute Gasteiger partial charge is 0.0767 e. The molecule has 1 N–H and O–H groups in total. The maximum absolute atomic E-state index is 6.12. The van der Waals surface area contributed by atoms with Crippen LogP contribution in [-0.4, -0.2) is 19.6 Å². The summed E-state index contributed by atoms with van der Waals surface area (Å²) < 4.78 is 0. The Morgan fingerprint density at radius 2 is 2.36 bits per heavy atom. The van der Waals surface area contributed by atoms with Gasteiger partial charge in [-0.05, 0) is 18.6 Å². The lowest BCUT2D eigenvalue weighted by atomic mass is 10.2. The molecule has 1 aliphatic rings. The molecule has 2 nitrogen and oxygen atoms in total. The number of hydrogen-bond donors (Lipinski definition) is 1. The first-order valence-electron chi connectivity index (χ1n) is 5.10. The number of anilines is 2. The molecule has 0 bridgehead atoms. The normalized spacial score (nSPS) is 14.9. The maximum atomic E-state index is 6.12. The van der Waals surface area contributed by atoms with Crippen LogP contribution in [0.3, 0.4) is 0 Å². The Bertz CT molecular complexity index is 325. The van der Waals surface area contributed by atoms with Gasteiger partial charge in [-0.15, -0.1) is 0 Å². The van der Waals surface area contributed by atoms with Gasteiger partial charge in [-0.3, -0.25) is 0 Å². The SMILES string of the molecule is CCCN1CCNc2c(Cl)cccc21. The van der Waals surface area contributed by atoms with Gasteiger partial charge in [-0.2, -0.15) is 0 Å². The number of halogens is 1. The summed E-state index contributed by atoms with van der Waals surface area (Å²) in [6.07, 6.45) is 1.17.